The molecule has 2 rings (SSSR count). The van der Waals surface area contributed by atoms with Crippen molar-refractivity contribution in [3.8, 4) is 0 Å². The van der Waals surface area contributed by atoms with E-state index in [9.17, 15) is 0 Å². The lowest BCUT2D eigenvalue weighted by Gasteiger charge is -2.22. The van der Waals surface area contributed by atoms with E-state index in [4.69, 9.17) is 0 Å². The van der Waals surface area contributed by atoms with E-state index in [0.717, 1.165) is 25.5 Å². The molecule has 0 amide bonds. The smallest absolute Gasteiger partial charge is 0.128 e. The predicted molar refractivity (Wildman–Crippen MR) is 85.1 cm³/mol. The molecular formula is C15H25N3S. The quantitative estimate of drug-likeness (QED) is 0.896. The van der Waals surface area contributed by atoms with Gasteiger partial charge in [0.15, 0.2) is 0 Å². The van der Waals surface area contributed by atoms with Gasteiger partial charge in [0.05, 0.1) is 0 Å². The van der Waals surface area contributed by atoms with Crippen LogP contribution in [0, 0.1) is 0 Å². The highest BCUT2D eigenvalue weighted by Gasteiger charge is 2.12. The third-order valence-electron chi connectivity index (χ3n) is 3.52. The third kappa shape index (κ3) is 4.39. The molecule has 1 unspecified atom stereocenters. The van der Waals surface area contributed by atoms with Crippen LogP contribution in [0.1, 0.15) is 38.3 Å². The fourth-order valence-electron chi connectivity index (χ4n) is 2.29. The highest BCUT2D eigenvalue weighted by atomic mass is 32.2. The summed E-state index contributed by atoms with van der Waals surface area (Å²) in [5.41, 5.74) is 1.28. The number of nitrogens with zero attached hydrogens (tertiary/aromatic N) is 2. The third-order valence-corrected chi connectivity index (χ3v) is 4.57. The van der Waals surface area contributed by atoms with Gasteiger partial charge in [0.1, 0.15) is 5.82 Å². The van der Waals surface area contributed by atoms with Gasteiger partial charge in [-0.3, -0.25) is 0 Å². The maximum Gasteiger partial charge on any atom is 0.128 e. The number of anilines is 1. The summed E-state index contributed by atoms with van der Waals surface area (Å²) in [5, 5.41) is 3.50. The van der Waals surface area contributed by atoms with Crippen molar-refractivity contribution in [1.29, 1.82) is 0 Å². The van der Waals surface area contributed by atoms with E-state index in [0.29, 0.717) is 6.04 Å². The van der Waals surface area contributed by atoms with Crippen molar-refractivity contribution in [3.05, 3.63) is 23.9 Å². The Balaban J connectivity index is 1.96. The van der Waals surface area contributed by atoms with Crippen LogP contribution in [0.5, 0.6) is 0 Å². The van der Waals surface area contributed by atoms with Crippen molar-refractivity contribution in [2.45, 2.75) is 32.7 Å². The maximum atomic E-state index is 4.65. The summed E-state index contributed by atoms with van der Waals surface area (Å²) >= 11 is 2.05. The van der Waals surface area contributed by atoms with Crippen molar-refractivity contribution >= 4 is 17.6 Å². The summed E-state index contributed by atoms with van der Waals surface area (Å²) in [6.45, 7) is 7.73. The molecule has 0 bridgehead atoms. The Morgan fingerprint density at radius 2 is 2.26 bits per heavy atom. The van der Waals surface area contributed by atoms with Gasteiger partial charge in [0.2, 0.25) is 0 Å². The van der Waals surface area contributed by atoms with E-state index in [-0.39, 0.29) is 0 Å². The van der Waals surface area contributed by atoms with Crippen molar-refractivity contribution in [2.24, 2.45) is 0 Å². The largest absolute Gasteiger partial charge is 0.356 e. The Hall–Kier alpha value is -0.740. The van der Waals surface area contributed by atoms with Crippen molar-refractivity contribution in [2.75, 3.05) is 36.0 Å². The SMILES string of the molecule is CCCNC(C)c1ccc(N2CCCSCC2)nc1. The highest BCUT2D eigenvalue weighted by Crippen LogP contribution is 2.19. The summed E-state index contributed by atoms with van der Waals surface area (Å²) in [6, 6.07) is 4.78. The van der Waals surface area contributed by atoms with Crippen LogP contribution in [0.4, 0.5) is 5.82 Å². The lowest BCUT2D eigenvalue weighted by molar-refractivity contribution is 0.569. The molecule has 1 saturated heterocycles. The van der Waals surface area contributed by atoms with Gasteiger partial charge < -0.3 is 10.2 Å². The van der Waals surface area contributed by atoms with Crippen LogP contribution in [-0.2, 0) is 0 Å². The topological polar surface area (TPSA) is 28.2 Å². The van der Waals surface area contributed by atoms with Crippen LogP contribution in [0.25, 0.3) is 0 Å². The number of pyridine rings is 1. The molecule has 1 atom stereocenters. The van der Waals surface area contributed by atoms with Crippen LogP contribution in [0.3, 0.4) is 0 Å². The molecule has 0 saturated carbocycles. The Bertz CT molecular complexity index is 358. The molecule has 106 valence electrons. The first kappa shape index (κ1) is 14.7. The molecule has 0 aliphatic carbocycles. The van der Waals surface area contributed by atoms with E-state index in [2.05, 4.69) is 52.9 Å². The van der Waals surface area contributed by atoms with Gasteiger partial charge in [-0.15, -0.1) is 0 Å². The minimum Gasteiger partial charge on any atom is -0.356 e. The molecule has 1 fully saturated rings. The fraction of sp³-hybridized carbons (Fsp3) is 0.667. The lowest BCUT2D eigenvalue weighted by atomic mass is 10.1. The second-order valence-corrected chi connectivity index (χ2v) is 6.30. The number of hydrogen-bond acceptors (Lipinski definition) is 4. The van der Waals surface area contributed by atoms with Crippen LogP contribution in [-0.4, -0.2) is 36.1 Å². The van der Waals surface area contributed by atoms with Gasteiger partial charge in [0.25, 0.3) is 0 Å². The number of rotatable bonds is 5. The van der Waals surface area contributed by atoms with Gasteiger partial charge in [-0.1, -0.05) is 13.0 Å². The van der Waals surface area contributed by atoms with Gasteiger partial charge in [0, 0.05) is 31.1 Å². The summed E-state index contributed by atoms with van der Waals surface area (Å²) in [6.07, 6.45) is 4.46. The summed E-state index contributed by atoms with van der Waals surface area (Å²) in [5.74, 6) is 3.64. The fourth-order valence-corrected chi connectivity index (χ4v) is 3.18. The molecule has 0 aromatic carbocycles. The van der Waals surface area contributed by atoms with Crippen LogP contribution in [0.2, 0.25) is 0 Å². The first-order valence-electron chi connectivity index (χ1n) is 7.33. The van der Waals surface area contributed by atoms with E-state index >= 15 is 0 Å². The molecule has 1 N–H and O–H groups in total. The van der Waals surface area contributed by atoms with Crippen LogP contribution in [0.15, 0.2) is 18.3 Å². The Labute approximate surface area is 121 Å². The monoisotopic (exact) mass is 279 g/mol. The second kappa shape index (κ2) is 7.75. The highest BCUT2D eigenvalue weighted by molar-refractivity contribution is 7.99. The Kier molecular flexibility index (Phi) is 5.98. The van der Waals surface area contributed by atoms with E-state index in [1.807, 2.05) is 6.20 Å². The molecule has 4 heteroatoms. The van der Waals surface area contributed by atoms with Crippen LogP contribution < -0.4 is 10.2 Å². The van der Waals surface area contributed by atoms with E-state index in [1.165, 1.54) is 29.9 Å². The number of nitrogens with one attached hydrogen (secondary N) is 1. The van der Waals surface area contributed by atoms with Gasteiger partial charge in [-0.25, -0.2) is 4.98 Å². The second-order valence-electron chi connectivity index (χ2n) is 5.08. The summed E-state index contributed by atoms with van der Waals surface area (Å²) in [7, 11) is 0. The zero-order chi connectivity index (χ0) is 13.5. The average Bonchev–Trinajstić information content (AvgIpc) is 2.74. The van der Waals surface area contributed by atoms with Gasteiger partial charge in [-0.05, 0) is 43.7 Å². The van der Waals surface area contributed by atoms with Crippen molar-refractivity contribution in [3.63, 3.8) is 0 Å². The van der Waals surface area contributed by atoms with E-state index in [1.54, 1.807) is 0 Å². The summed E-state index contributed by atoms with van der Waals surface area (Å²) < 4.78 is 0. The maximum absolute atomic E-state index is 4.65. The van der Waals surface area contributed by atoms with Gasteiger partial charge in [-0.2, -0.15) is 11.8 Å². The van der Waals surface area contributed by atoms with Crippen LogP contribution >= 0.6 is 11.8 Å². The summed E-state index contributed by atoms with van der Waals surface area (Å²) in [4.78, 5) is 7.06. The predicted octanol–water partition coefficient (Wildman–Crippen LogP) is 3.09. The minimum absolute atomic E-state index is 0.390. The first-order valence-corrected chi connectivity index (χ1v) is 8.48. The standard InChI is InChI=1S/C15H25N3S/c1-3-7-16-13(2)14-5-6-15(17-12-14)18-8-4-10-19-11-9-18/h5-6,12-13,16H,3-4,7-11H2,1-2H3. The Morgan fingerprint density at radius 1 is 1.37 bits per heavy atom. The lowest BCUT2D eigenvalue weighted by Crippen LogP contribution is -2.26. The van der Waals surface area contributed by atoms with Crippen molar-refractivity contribution in [1.82, 2.24) is 10.3 Å². The minimum atomic E-state index is 0.390. The number of hydrogen-bond donors (Lipinski definition) is 1. The molecule has 3 nitrogen and oxygen atoms in total. The number of aromatic nitrogens is 1. The van der Waals surface area contributed by atoms with Gasteiger partial charge >= 0.3 is 0 Å². The molecule has 1 aromatic rings. The zero-order valence-electron chi connectivity index (χ0n) is 12.1. The van der Waals surface area contributed by atoms with Crippen molar-refractivity contribution < 1.29 is 0 Å². The van der Waals surface area contributed by atoms with E-state index < -0.39 is 0 Å². The molecule has 19 heavy (non-hydrogen) atoms. The zero-order valence-corrected chi connectivity index (χ0v) is 12.9. The average molecular weight is 279 g/mol. The normalized spacial score (nSPS) is 18.1. The molecule has 0 radical (unpaired) electrons. The molecule has 2 heterocycles. The molecular weight excluding hydrogens is 254 g/mol. The Morgan fingerprint density at radius 3 is 3.00 bits per heavy atom. The first-order chi connectivity index (χ1) is 9.31. The molecule has 1 aliphatic rings. The molecule has 1 aliphatic heterocycles. The molecule has 0 spiro atoms. The number of thioether (sulfide) groups is 1. The molecule has 1 aromatic heterocycles.